The van der Waals surface area contributed by atoms with Crippen LogP contribution in [0.2, 0.25) is 0 Å². The van der Waals surface area contributed by atoms with Gasteiger partial charge in [-0.05, 0) is 38.8 Å². The van der Waals surface area contributed by atoms with Crippen LogP contribution < -0.4 is 10.6 Å². The minimum Gasteiger partial charge on any atom is -0.391 e. The van der Waals surface area contributed by atoms with E-state index in [0.717, 1.165) is 18.4 Å². The van der Waals surface area contributed by atoms with Crippen molar-refractivity contribution in [2.75, 3.05) is 5.32 Å². The zero-order valence-electron chi connectivity index (χ0n) is 11.7. The van der Waals surface area contributed by atoms with E-state index in [0.29, 0.717) is 5.69 Å². The maximum Gasteiger partial charge on any atom is 0.249 e. The number of anilines is 1. The quantitative estimate of drug-likeness (QED) is 0.756. The molecule has 1 aromatic carbocycles. The first kappa shape index (κ1) is 14.5. The Morgan fingerprint density at radius 3 is 2.35 bits per heavy atom. The molecule has 2 unspecified atom stereocenters. The molecule has 0 aromatic heterocycles. The van der Waals surface area contributed by atoms with Gasteiger partial charge in [-0.15, -0.1) is 0 Å². The Morgan fingerprint density at radius 2 is 1.85 bits per heavy atom. The summed E-state index contributed by atoms with van der Waals surface area (Å²) in [5, 5.41) is 15.0. The average Bonchev–Trinajstić information content (AvgIpc) is 3.22. The van der Waals surface area contributed by atoms with Crippen LogP contribution in [0.1, 0.15) is 25.3 Å². The largest absolute Gasteiger partial charge is 0.391 e. The number of hydrogen-bond acceptors (Lipinski definition) is 3. The molecular formula is C15H20N2O3. The van der Waals surface area contributed by atoms with Gasteiger partial charge in [0.25, 0.3) is 0 Å². The summed E-state index contributed by atoms with van der Waals surface area (Å²) >= 11 is 0. The molecule has 2 rings (SSSR count). The zero-order valence-corrected chi connectivity index (χ0v) is 11.7. The Hall–Kier alpha value is -1.88. The summed E-state index contributed by atoms with van der Waals surface area (Å²) in [6, 6.07) is 6.42. The van der Waals surface area contributed by atoms with Crippen LogP contribution >= 0.6 is 0 Å². The third-order valence-electron chi connectivity index (χ3n) is 3.33. The first-order valence-electron chi connectivity index (χ1n) is 6.83. The van der Waals surface area contributed by atoms with Crippen molar-refractivity contribution in [3.8, 4) is 0 Å². The molecule has 20 heavy (non-hydrogen) atoms. The third kappa shape index (κ3) is 3.81. The second kappa shape index (κ2) is 6.05. The topological polar surface area (TPSA) is 78.4 Å². The van der Waals surface area contributed by atoms with Crippen LogP contribution in [0.4, 0.5) is 5.69 Å². The summed E-state index contributed by atoms with van der Waals surface area (Å²) < 4.78 is 0. The summed E-state index contributed by atoms with van der Waals surface area (Å²) in [5.74, 6) is -0.559. The van der Waals surface area contributed by atoms with Gasteiger partial charge >= 0.3 is 0 Å². The Balaban J connectivity index is 1.98. The van der Waals surface area contributed by atoms with Gasteiger partial charge in [-0.25, -0.2) is 0 Å². The Bertz CT molecular complexity index is 492. The molecule has 108 valence electrons. The Kier molecular flexibility index (Phi) is 4.39. The van der Waals surface area contributed by atoms with E-state index in [1.807, 2.05) is 19.1 Å². The fourth-order valence-corrected chi connectivity index (χ4v) is 1.88. The zero-order chi connectivity index (χ0) is 14.7. The molecule has 1 aliphatic carbocycles. The molecule has 2 amide bonds. The lowest BCUT2D eigenvalue weighted by atomic mass is 10.1. The molecule has 0 saturated heterocycles. The summed E-state index contributed by atoms with van der Waals surface area (Å²) in [4.78, 5) is 23.9. The van der Waals surface area contributed by atoms with Gasteiger partial charge in [0.05, 0.1) is 6.10 Å². The number of rotatable bonds is 5. The molecule has 3 N–H and O–H groups in total. The molecule has 1 saturated carbocycles. The van der Waals surface area contributed by atoms with Crippen molar-refractivity contribution in [2.24, 2.45) is 5.92 Å². The highest BCUT2D eigenvalue weighted by molar-refractivity contribution is 5.98. The third-order valence-corrected chi connectivity index (χ3v) is 3.33. The first-order valence-corrected chi connectivity index (χ1v) is 6.83. The van der Waals surface area contributed by atoms with E-state index in [1.54, 1.807) is 12.1 Å². The molecule has 1 aliphatic rings. The SMILES string of the molecule is Cc1ccc(NC(=O)C(NC(=O)C2CC2)C(C)O)cc1. The molecule has 5 heteroatoms. The van der Waals surface area contributed by atoms with E-state index in [2.05, 4.69) is 10.6 Å². The normalized spacial score (nSPS) is 17.1. The summed E-state index contributed by atoms with van der Waals surface area (Å²) in [7, 11) is 0. The second-order valence-corrected chi connectivity index (χ2v) is 5.36. The van der Waals surface area contributed by atoms with E-state index in [9.17, 15) is 14.7 Å². The molecule has 0 radical (unpaired) electrons. The highest BCUT2D eigenvalue weighted by Gasteiger charge is 2.34. The van der Waals surface area contributed by atoms with Gasteiger partial charge < -0.3 is 15.7 Å². The van der Waals surface area contributed by atoms with Crippen LogP contribution in [-0.2, 0) is 9.59 Å². The summed E-state index contributed by atoms with van der Waals surface area (Å²) in [6.07, 6.45) is 0.777. The van der Waals surface area contributed by atoms with Crippen molar-refractivity contribution >= 4 is 17.5 Å². The molecular weight excluding hydrogens is 256 g/mol. The van der Waals surface area contributed by atoms with Crippen molar-refractivity contribution in [3.05, 3.63) is 29.8 Å². The van der Waals surface area contributed by atoms with Crippen molar-refractivity contribution in [3.63, 3.8) is 0 Å². The molecule has 2 atom stereocenters. The van der Waals surface area contributed by atoms with E-state index < -0.39 is 18.1 Å². The van der Waals surface area contributed by atoms with E-state index in [4.69, 9.17) is 0 Å². The second-order valence-electron chi connectivity index (χ2n) is 5.36. The lowest BCUT2D eigenvalue weighted by molar-refractivity contribution is -0.129. The molecule has 0 spiro atoms. The van der Waals surface area contributed by atoms with Crippen LogP contribution in [0.15, 0.2) is 24.3 Å². The number of carbonyl (C=O) groups excluding carboxylic acids is 2. The fourth-order valence-electron chi connectivity index (χ4n) is 1.88. The predicted molar refractivity (Wildman–Crippen MR) is 76.1 cm³/mol. The number of benzene rings is 1. The number of amides is 2. The van der Waals surface area contributed by atoms with Crippen molar-refractivity contribution in [2.45, 2.75) is 38.8 Å². The minimum absolute atomic E-state index is 0.00317. The number of hydrogen-bond donors (Lipinski definition) is 3. The lowest BCUT2D eigenvalue weighted by Gasteiger charge is -2.20. The van der Waals surface area contributed by atoms with Crippen LogP contribution in [0, 0.1) is 12.8 Å². The van der Waals surface area contributed by atoms with Gasteiger partial charge in [0.1, 0.15) is 6.04 Å². The average molecular weight is 276 g/mol. The van der Waals surface area contributed by atoms with Gasteiger partial charge in [0.15, 0.2) is 0 Å². The first-order chi connectivity index (χ1) is 9.47. The molecule has 5 nitrogen and oxygen atoms in total. The van der Waals surface area contributed by atoms with E-state index >= 15 is 0 Å². The number of nitrogens with one attached hydrogen (secondary N) is 2. The predicted octanol–water partition coefficient (Wildman–Crippen LogP) is 1.21. The van der Waals surface area contributed by atoms with Crippen LogP contribution in [0.5, 0.6) is 0 Å². The van der Waals surface area contributed by atoms with Crippen LogP contribution in [0.3, 0.4) is 0 Å². The molecule has 1 aromatic rings. The molecule has 1 fully saturated rings. The lowest BCUT2D eigenvalue weighted by Crippen LogP contribution is -2.50. The van der Waals surface area contributed by atoms with Crippen molar-refractivity contribution in [1.82, 2.24) is 5.32 Å². The Labute approximate surface area is 118 Å². The minimum atomic E-state index is -0.942. The number of aliphatic hydroxyl groups excluding tert-OH is 1. The number of aryl methyl sites for hydroxylation is 1. The number of aliphatic hydroxyl groups is 1. The standard InChI is InChI=1S/C15H20N2O3/c1-9-3-7-12(8-4-9)16-15(20)13(10(2)18)17-14(19)11-5-6-11/h3-4,7-8,10-11,13,18H,5-6H2,1-2H3,(H,16,20)(H,17,19). The van der Waals surface area contributed by atoms with E-state index in [-0.39, 0.29) is 11.8 Å². The van der Waals surface area contributed by atoms with Crippen molar-refractivity contribution in [1.29, 1.82) is 0 Å². The van der Waals surface area contributed by atoms with Gasteiger partial charge in [-0.3, -0.25) is 9.59 Å². The Morgan fingerprint density at radius 1 is 1.25 bits per heavy atom. The maximum atomic E-state index is 12.1. The van der Waals surface area contributed by atoms with Gasteiger partial charge in [0, 0.05) is 11.6 Å². The molecule has 0 heterocycles. The van der Waals surface area contributed by atoms with Crippen LogP contribution in [-0.4, -0.2) is 29.1 Å². The highest BCUT2D eigenvalue weighted by Crippen LogP contribution is 2.29. The maximum absolute atomic E-state index is 12.1. The van der Waals surface area contributed by atoms with Gasteiger partial charge in [-0.1, -0.05) is 17.7 Å². The summed E-state index contributed by atoms with van der Waals surface area (Å²) in [5.41, 5.74) is 1.74. The van der Waals surface area contributed by atoms with Crippen LogP contribution in [0.25, 0.3) is 0 Å². The highest BCUT2D eigenvalue weighted by atomic mass is 16.3. The van der Waals surface area contributed by atoms with Crippen molar-refractivity contribution < 1.29 is 14.7 Å². The molecule has 0 bridgehead atoms. The smallest absolute Gasteiger partial charge is 0.249 e. The van der Waals surface area contributed by atoms with E-state index in [1.165, 1.54) is 6.92 Å². The fraction of sp³-hybridized carbons (Fsp3) is 0.467. The summed E-state index contributed by atoms with van der Waals surface area (Å²) in [6.45, 7) is 3.45. The number of carbonyl (C=O) groups is 2. The van der Waals surface area contributed by atoms with Gasteiger partial charge in [-0.2, -0.15) is 0 Å². The monoisotopic (exact) mass is 276 g/mol. The van der Waals surface area contributed by atoms with Gasteiger partial charge in [0.2, 0.25) is 11.8 Å². The molecule has 0 aliphatic heterocycles.